The molecule has 0 saturated heterocycles. The first-order valence-corrected chi connectivity index (χ1v) is 5.98. The topological polar surface area (TPSA) is 110 Å². The second kappa shape index (κ2) is 6.08. The van der Waals surface area contributed by atoms with Crippen molar-refractivity contribution in [3.63, 3.8) is 0 Å². The molecular weight excluding hydrogens is 246 g/mol. The number of carbonyl (C=O) groups is 2. The zero-order valence-corrected chi connectivity index (χ0v) is 11.1. The van der Waals surface area contributed by atoms with Crippen LogP contribution in [-0.4, -0.2) is 30.1 Å². The van der Waals surface area contributed by atoms with Crippen molar-refractivity contribution in [2.24, 2.45) is 11.7 Å². The minimum Gasteiger partial charge on any atom is -0.478 e. The normalized spacial score (nSPS) is 10.5. The van der Waals surface area contributed by atoms with E-state index in [0.717, 1.165) is 0 Å². The van der Waals surface area contributed by atoms with Crippen LogP contribution in [0.1, 0.15) is 24.2 Å². The van der Waals surface area contributed by atoms with Gasteiger partial charge in [0, 0.05) is 6.54 Å². The van der Waals surface area contributed by atoms with Crippen molar-refractivity contribution in [2.45, 2.75) is 13.8 Å². The molecule has 0 fully saturated rings. The quantitative estimate of drug-likeness (QED) is 0.662. The number of nitrogens with two attached hydrogens (primary N) is 2. The van der Waals surface area contributed by atoms with Crippen molar-refractivity contribution in [3.8, 4) is 0 Å². The van der Waals surface area contributed by atoms with Crippen LogP contribution >= 0.6 is 0 Å². The van der Waals surface area contributed by atoms with Crippen LogP contribution in [0.3, 0.4) is 0 Å². The molecule has 6 nitrogen and oxygen atoms in total. The van der Waals surface area contributed by atoms with Crippen molar-refractivity contribution in [1.29, 1.82) is 0 Å². The Balaban J connectivity index is 3.27. The van der Waals surface area contributed by atoms with Gasteiger partial charge in [0.25, 0.3) is 0 Å². The molecule has 104 valence electrons. The summed E-state index contributed by atoms with van der Waals surface area (Å²) in [7, 11) is 0. The fourth-order valence-corrected chi connectivity index (χ4v) is 1.95. The monoisotopic (exact) mass is 265 g/mol. The average molecular weight is 265 g/mol. The number of hydrogen-bond donors (Lipinski definition) is 3. The number of hydrogen-bond acceptors (Lipinski definition) is 4. The molecule has 1 rings (SSSR count). The summed E-state index contributed by atoms with van der Waals surface area (Å²) >= 11 is 0. The Kier molecular flexibility index (Phi) is 4.74. The Morgan fingerprint density at radius 3 is 2.47 bits per heavy atom. The van der Waals surface area contributed by atoms with Gasteiger partial charge in [-0.1, -0.05) is 19.9 Å². The number of nitrogens with zero attached hydrogens (tertiary/aromatic N) is 1. The third-order valence-corrected chi connectivity index (χ3v) is 2.55. The fourth-order valence-electron chi connectivity index (χ4n) is 1.95. The van der Waals surface area contributed by atoms with Gasteiger partial charge in [0.05, 0.1) is 23.5 Å². The largest absolute Gasteiger partial charge is 0.478 e. The van der Waals surface area contributed by atoms with Crippen molar-refractivity contribution in [3.05, 3.63) is 23.8 Å². The standard InChI is InChI=1S/C13H19N3O3/c1-8(2)6-16(7-11(15)17)12-9(13(18)19)4-3-5-10(12)14/h3-5,8H,6-7,14H2,1-2H3,(H2,15,17)(H,18,19). The average Bonchev–Trinajstić information content (AvgIpc) is 2.26. The molecule has 0 bridgehead atoms. The van der Waals surface area contributed by atoms with Crippen LogP contribution in [0.2, 0.25) is 0 Å². The first-order chi connectivity index (χ1) is 8.82. The van der Waals surface area contributed by atoms with Gasteiger partial charge in [-0.25, -0.2) is 4.79 Å². The van der Waals surface area contributed by atoms with Crippen LogP contribution in [0, 0.1) is 5.92 Å². The number of carboxylic acid groups (broad SMARTS) is 1. The number of rotatable bonds is 6. The lowest BCUT2D eigenvalue weighted by atomic mass is 10.1. The Morgan fingerprint density at radius 1 is 1.37 bits per heavy atom. The van der Waals surface area contributed by atoms with Crippen molar-refractivity contribution in [2.75, 3.05) is 23.7 Å². The lowest BCUT2D eigenvalue weighted by Crippen LogP contribution is -2.37. The highest BCUT2D eigenvalue weighted by Crippen LogP contribution is 2.28. The van der Waals surface area contributed by atoms with E-state index < -0.39 is 11.9 Å². The lowest BCUT2D eigenvalue weighted by molar-refractivity contribution is -0.116. The molecule has 0 aliphatic heterocycles. The predicted molar refractivity (Wildman–Crippen MR) is 74.1 cm³/mol. The summed E-state index contributed by atoms with van der Waals surface area (Å²) in [6, 6.07) is 4.64. The molecule has 0 radical (unpaired) electrons. The molecule has 0 unspecified atom stereocenters. The Labute approximate surface area is 112 Å². The Morgan fingerprint density at radius 2 is 2.00 bits per heavy atom. The van der Waals surface area contributed by atoms with Crippen LogP contribution in [0.15, 0.2) is 18.2 Å². The minimum atomic E-state index is -1.08. The van der Waals surface area contributed by atoms with E-state index in [0.29, 0.717) is 17.9 Å². The molecule has 0 saturated carbocycles. The molecule has 1 aromatic carbocycles. The van der Waals surface area contributed by atoms with Gasteiger partial charge in [0.15, 0.2) is 0 Å². The van der Waals surface area contributed by atoms with E-state index in [9.17, 15) is 14.7 Å². The molecule has 5 N–H and O–H groups in total. The molecule has 0 aromatic heterocycles. The second-order valence-corrected chi connectivity index (χ2v) is 4.79. The molecule has 0 aliphatic carbocycles. The number of aromatic carboxylic acids is 1. The Bertz CT molecular complexity index is 486. The second-order valence-electron chi connectivity index (χ2n) is 4.79. The SMILES string of the molecule is CC(C)CN(CC(N)=O)c1c(N)cccc1C(=O)O. The molecule has 0 atom stereocenters. The lowest BCUT2D eigenvalue weighted by Gasteiger charge is -2.27. The highest BCUT2D eigenvalue weighted by molar-refractivity contribution is 5.98. The maximum atomic E-state index is 11.3. The number of benzene rings is 1. The van der Waals surface area contributed by atoms with Gasteiger partial charge in [-0.05, 0) is 18.1 Å². The molecule has 0 aliphatic rings. The number of anilines is 2. The Hall–Kier alpha value is -2.24. The van der Waals surface area contributed by atoms with E-state index in [1.807, 2.05) is 13.8 Å². The maximum absolute atomic E-state index is 11.3. The molecule has 1 aromatic rings. The van der Waals surface area contributed by atoms with Crippen LogP contribution in [0.4, 0.5) is 11.4 Å². The molecule has 0 spiro atoms. The third-order valence-electron chi connectivity index (χ3n) is 2.55. The van der Waals surface area contributed by atoms with Crippen molar-refractivity contribution in [1.82, 2.24) is 0 Å². The highest BCUT2D eigenvalue weighted by atomic mass is 16.4. The van der Waals surface area contributed by atoms with E-state index in [1.54, 1.807) is 17.0 Å². The molecule has 1 amide bonds. The van der Waals surface area contributed by atoms with Gasteiger partial charge >= 0.3 is 5.97 Å². The fraction of sp³-hybridized carbons (Fsp3) is 0.385. The van der Waals surface area contributed by atoms with E-state index in [2.05, 4.69) is 0 Å². The summed E-state index contributed by atoms with van der Waals surface area (Å²) in [6.07, 6.45) is 0. The van der Waals surface area contributed by atoms with Gasteiger partial charge in [-0.2, -0.15) is 0 Å². The molecule has 0 heterocycles. The predicted octanol–water partition coefficient (Wildman–Crippen LogP) is 0.915. The summed E-state index contributed by atoms with van der Waals surface area (Å²) < 4.78 is 0. The van der Waals surface area contributed by atoms with Crippen LogP contribution in [0.25, 0.3) is 0 Å². The molecule has 19 heavy (non-hydrogen) atoms. The zero-order valence-electron chi connectivity index (χ0n) is 11.1. The number of amides is 1. The van der Waals surface area contributed by atoms with E-state index >= 15 is 0 Å². The number of nitrogen functional groups attached to an aromatic ring is 1. The van der Waals surface area contributed by atoms with Crippen LogP contribution in [-0.2, 0) is 4.79 Å². The highest BCUT2D eigenvalue weighted by Gasteiger charge is 2.20. The van der Waals surface area contributed by atoms with E-state index in [-0.39, 0.29) is 18.0 Å². The summed E-state index contributed by atoms with van der Waals surface area (Å²) in [6.45, 7) is 4.37. The number of para-hydroxylation sites is 1. The summed E-state index contributed by atoms with van der Waals surface area (Å²) in [5, 5.41) is 9.21. The number of carbonyl (C=O) groups excluding carboxylic acids is 1. The van der Waals surface area contributed by atoms with Crippen molar-refractivity contribution >= 4 is 23.3 Å². The van der Waals surface area contributed by atoms with Gasteiger partial charge in [0.1, 0.15) is 0 Å². The number of carboxylic acids is 1. The summed E-state index contributed by atoms with van der Waals surface area (Å²) in [4.78, 5) is 24.0. The minimum absolute atomic E-state index is 0.0628. The third kappa shape index (κ3) is 3.87. The van der Waals surface area contributed by atoms with E-state index in [4.69, 9.17) is 11.5 Å². The van der Waals surface area contributed by atoms with E-state index in [1.165, 1.54) is 6.07 Å². The summed E-state index contributed by atoms with van der Waals surface area (Å²) in [5.74, 6) is -1.37. The van der Waals surface area contributed by atoms with Gasteiger partial charge < -0.3 is 21.5 Å². The maximum Gasteiger partial charge on any atom is 0.337 e. The number of primary amides is 1. The van der Waals surface area contributed by atoms with Crippen LogP contribution < -0.4 is 16.4 Å². The van der Waals surface area contributed by atoms with Gasteiger partial charge in [-0.15, -0.1) is 0 Å². The first kappa shape index (κ1) is 14.8. The first-order valence-electron chi connectivity index (χ1n) is 5.98. The van der Waals surface area contributed by atoms with Crippen LogP contribution in [0.5, 0.6) is 0 Å². The summed E-state index contributed by atoms with van der Waals surface area (Å²) in [5.41, 5.74) is 11.8. The van der Waals surface area contributed by atoms with Crippen molar-refractivity contribution < 1.29 is 14.7 Å². The molecular formula is C13H19N3O3. The van der Waals surface area contributed by atoms with Gasteiger partial charge in [0.2, 0.25) is 5.91 Å². The smallest absolute Gasteiger partial charge is 0.337 e. The zero-order chi connectivity index (χ0) is 14.6. The van der Waals surface area contributed by atoms with Gasteiger partial charge in [-0.3, -0.25) is 4.79 Å². The molecule has 6 heteroatoms.